The van der Waals surface area contributed by atoms with E-state index in [0.717, 1.165) is 11.0 Å². The summed E-state index contributed by atoms with van der Waals surface area (Å²) in [6.45, 7) is -0.0886. The first-order valence-corrected chi connectivity index (χ1v) is 6.78. The molecule has 6 nitrogen and oxygen atoms in total. The lowest BCUT2D eigenvalue weighted by Crippen LogP contribution is -2.32. The Morgan fingerprint density at radius 1 is 1.09 bits per heavy atom. The molecule has 0 saturated heterocycles. The molecule has 3 rings (SSSR count). The Balaban J connectivity index is 1.57. The third kappa shape index (κ3) is 3.12. The van der Waals surface area contributed by atoms with Crippen molar-refractivity contribution in [2.24, 2.45) is 0 Å². The van der Waals surface area contributed by atoms with Crippen molar-refractivity contribution in [3.05, 3.63) is 60.4 Å². The van der Waals surface area contributed by atoms with Gasteiger partial charge in [0.1, 0.15) is 0 Å². The normalized spacial score (nSPS) is 10.4. The molecule has 3 N–H and O–H groups in total. The Morgan fingerprint density at radius 2 is 1.91 bits per heavy atom. The van der Waals surface area contributed by atoms with Crippen molar-refractivity contribution in [2.75, 3.05) is 11.9 Å². The highest BCUT2D eigenvalue weighted by molar-refractivity contribution is 5.99. The van der Waals surface area contributed by atoms with E-state index in [-0.39, 0.29) is 18.4 Å². The van der Waals surface area contributed by atoms with Crippen LogP contribution in [0.4, 0.5) is 5.69 Å². The van der Waals surface area contributed by atoms with Crippen LogP contribution in [0.5, 0.6) is 0 Å². The minimum atomic E-state index is -0.289. The minimum absolute atomic E-state index is 0.0886. The number of fused-ring (bicyclic) bond motifs is 1. The van der Waals surface area contributed by atoms with Crippen LogP contribution in [-0.4, -0.2) is 28.3 Å². The number of anilines is 1. The Hall–Kier alpha value is -3.15. The third-order valence-electron chi connectivity index (χ3n) is 3.15. The SMILES string of the molecule is O=C(CNC(=O)c1ccccc1)Nc1ccc2nc[nH]c2c1. The van der Waals surface area contributed by atoms with Gasteiger partial charge in [-0.1, -0.05) is 18.2 Å². The molecule has 2 aromatic carbocycles. The van der Waals surface area contributed by atoms with Crippen molar-refractivity contribution in [3.8, 4) is 0 Å². The van der Waals surface area contributed by atoms with Gasteiger partial charge >= 0.3 is 0 Å². The number of benzene rings is 2. The van der Waals surface area contributed by atoms with Crippen LogP contribution in [0.2, 0.25) is 0 Å². The molecule has 0 aliphatic rings. The standard InChI is InChI=1S/C16H14N4O2/c21-15(9-17-16(22)11-4-2-1-3-5-11)20-12-6-7-13-14(8-12)19-10-18-13/h1-8,10H,9H2,(H,17,22)(H,18,19)(H,20,21). The van der Waals surface area contributed by atoms with Crippen LogP contribution in [0.15, 0.2) is 54.9 Å². The van der Waals surface area contributed by atoms with Gasteiger partial charge in [0, 0.05) is 11.3 Å². The topological polar surface area (TPSA) is 86.9 Å². The lowest BCUT2D eigenvalue weighted by Gasteiger charge is -2.07. The number of carbonyl (C=O) groups excluding carboxylic acids is 2. The fourth-order valence-electron chi connectivity index (χ4n) is 2.07. The second-order valence-corrected chi connectivity index (χ2v) is 4.73. The van der Waals surface area contributed by atoms with Crippen LogP contribution in [0, 0.1) is 0 Å². The number of aromatic amines is 1. The van der Waals surface area contributed by atoms with E-state index >= 15 is 0 Å². The number of nitrogens with zero attached hydrogens (tertiary/aromatic N) is 1. The Morgan fingerprint density at radius 3 is 2.73 bits per heavy atom. The van der Waals surface area contributed by atoms with Gasteiger partial charge < -0.3 is 15.6 Å². The predicted molar refractivity (Wildman–Crippen MR) is 83.5 cm³/mol. The molecular formula is C16H14N4O2. The maximum Gasteiger partial charge on any atom is 0.251 e. The number of aromatic nitrogens is 2. The predicted octanol–water partition coefficient (Wildman–Crippen LogP) is 1.93. The highest BCUT2D eigenvalue weighted by Gasteiger charge is 2.08. The minimum Gasteiger partial charge on any atom is -0.345 e. The van der Waals surface area contributed by atoms with E-state index in [4.69, 9.17) is 0 Å². The fraction of sp³-hybridized carbons (Fsp3) is 0.0625. The van der Waals surface area contributed by atoms with E-state index in [9.17, 15) is 9.59 Å². The molecule has 0 atom stereocenters. The van der Waals surface area contributed by atoms with Crippen molar-refractivity contribution in [1.29, 1.82) is 0 Å². The number of hydrogen-bond acceptors (Lipinski definition) is 3. The van der Waals surface area contributed by atoms with E-state index in [1.165, 1.54) is 0 Å². The summed E-state index contributed by atoms with van der Waals surface area (Å²) in [6, 6.07) is 14.1. The van der Waals surface area contributed by atoms with Crippen LogP contribution in [-0.2, 0) is 4.79 Å². The summed E-state index contributed by atoms with van der Waals surface area (Å²) in [7, 11) is 0. The molecular weight excluding hydrogens is 280 g/mol. The summed E-state index contributed by atoms with van der Waals surface area (Å²) in [6.07, 6.45) is 1.59. The average Bonchev–Trinajstić information content (AvgIpc) is 3.01. The van der Waals surface area contributed by atoms with Gasteiger partial charge in [-0.25, -0.2) is 4.98 Å². The maximum absolute atomic E-state index is 11.9. The lowest BCUT2D eigenvalue weighted by atomic mass is 10.2. The molecule has 0 unspecified atom stereocenters. The van der Waals surface area contributed by atoms with Gasteiger partial charge in [-0.2, -0.15) is 0 Å². The van der Waals surface area contributed by atoms with Crippen LogP contribution < -0.4 is 10.6 Å². The molecule has 0 aliphatic heterocycles. The van der Waals surface area contributed by atoms with Gasteiger partial charge in [0.15, 0.2) is 0 Å². The maximum atomic E-state index is 11.9. The second-order valence-electron chi connectivity index (χ2n) is 4.73. The quantitative estimate of drug-likeness (QED) is 0.687. The first kappa shape index (κ1) is 13.8. The summed E-state index contributed by atoms with van der Waals surface area (Å²) in [5.74, 6) is -0.567. The molecule has 0 saturated carbocycles. The van der Waals surface area contributed by atoms with E-state index in [0.29, 0.717) is 11.3 Å². The van der Waals surface area contributed by atoms with E-state index in [1.807, 2.05) is 12.1 Å². The molecule has 0 fully saturated rings. The number of imidazole rings is 1. The van der Waals surface area contributed by atoms with Crippen LogP contribution in [0.25, 0.3) is 11.0 Å². The molecule has 6 heteroatoms. The highest BCUT2D eigenvalue weighted by Crippen LogP contribution is 2.15. The van der Waals surface area contributed by atoms with E-state index in [1.54, 1.807) is 42.7 Å². The molecule has 0 bridgehead atoms. The van der Waals surface area contributed by atoms with Crippen LogP contribution in [0.3, 0.4) is 0 Å². The second kappa shape index (κ2) is 6.09. The van der Waals surface area contributed by atoms with Crippen molar-refractivity contribution in [3.63, 3.8) is 0 Å². The lowest BCUT2D eigenvalue weighted by molar-refractivity contribution is -0.115. The molecule has 22 heavy (non-hydrogen) atoms. The molecule has 2 amide bonds. The molecule has 0 aliphatic carbocycles. The van der Waals surface area contributed by atoms with Gasteiger partial charge in [-0.3, -0.25) is 9.59 Å². The van der Waals surface area contributed by atoms with Crippen LogP contribution >= 0.6 is 0 Å². The highest BCUT2D eigenvalue weighted by atomic mass is 16.2. The van der Waals surface area contributed by atoms with Gasteiger partial charge in [-0.05, 0) is 30.3 Å². The number of carbonyl (C=O) groups is 2. The number of H-pyrrole nitrogens is 1. The summed E-state index contributed by atoms with van der Waals surface area (Å²) in [5, 5.41) is 5.31. The zero-order valence-electron chi connectivity index (χ0n) is 11.7. The Kier molecular flexibility index (Phi) is 3.82. The largest absolute Gasteiger partial charge is 0.345 e. The third-order valence-corrected chi connectivity index (χ3v) is 3.15. The summed E-state index contributed by atoms with van der Waals surface area (Å²) in [5.41, 5.74) is 2.84. The zero-order chi connectivity index (χ0) is 15.4. The summed E-state index contributed by atoms with van der Waals surface area (Å²) < 4.78 is 0. The molecule has 110 valence electrons. The van der Waals surface area contributed by atoms with Gasteiger partial charge in [0.25, 0.3) is 5.91 Å². The first-order chi connectivity index (χ1) is 10.7. The van der Waals surface area contributed by atoms with Crippen molar-refractivity contribution < 1.29 is 9.59 Å². The summed E-state index contributed by atoms with van der Waals surface area (Å²) >= 11 is 0. The molecule has 1 heterocycles. The first-order valence-electron chi connectivity index (χ1n) is 6.78. The molecule has 1 aromatic heterocycles. The molecule has 0 spiro atoms. The van der Waals surface area contributed by atoms with E-state index < -0.39 is 0 Å². The van der Waals surface area contributed by atoms with Crippen LogP contribution in [0.1, 0.15) is 10.4 Å². The van der Waals surface area contributed by atoms with Gasteiger partial charge in [-0.15, -0.1) is 0 Å². The summed E-state index contributed by atoms with van der Waals surface area (Å²) in [4.78, 5) is 30.8. The monoisotopic (exact) mass is 294 g/mol. The Labute approximate surface area is 126 Å². The number of rotatable bonds is 4. The molecule has 0 radical (unpaired) electrons. The van der Waals surface area contributed by atoms with Gasteiger partial charge in [0.2, 0.25) is 5.91 Å². The fourth-order valence-corrected chi connectivity index (χ4v) is 2.07. The van der Waals surface area contributed by atoms with Crippen molar-refractivity contribution in [2.45, 2.75) is 0 Å². The van der Waals surface area contributed by atoms with Crippen molar-refractivity contribution >= 4 is 28.5 Å². The average molecular weight is 294 g/mol. The van der Waals surface area contributed by atoms with Crippen molar-refractivity contribution in [1.82, 2.24) is 15.3 Å². The Bertz CT molecular complexity index is 811. The van der Waals surface area contributed by atoms with E-state index in [2.05, 4.69) is 20.6 Å². The number of nitrogens with one attached hydrogen (secondary N) is 3. The smallest absolute Gasteiger partial charge is 0.251 e. The number of hydrogen-bond donors (Lipinski definition) is 3. The zero-order valence-corrected chi connectivity index (χ0v) is 11.7. The number of amides is 2. The van der Waals surface area contributed by atoms with Gasteiger partial charge in [0.05, 0.1) is 23.9 Å². The molecule has 3 aromatic rings.